The molecule has 8 nitrogen and oxygen atoms in total. The van der Waals surface area contributed by atoms with Crippen molar-refractivity contribution in [2.75, 3.05) is 18.0 Å². The first-order valence-electron chi connectivity index (χ1n) is 14.0. The number of sulfonamides is 1. The molecule has 10 heteroatoms. The van der Waals surface area contributed by atoms with Gasteiger partial charge in [-0.2, -0.15) is 0 Å². The van der Waals surface area contributed by atoms with E-state index in [2.05, 4.69) is 5.32 Å². The topological polar surface area (TPSA) is 96.0 Å². The van der Waals surface area contributed by atoms with Crippen molar-refractivity contribution in [2.24, 2.45) is 0 Å². The van der Waals surface area contributed by atoms with Crippen LogP contribution in [0.1, 0.15) is 50.3 Å². The Balaban J connectivity index is 2.09. The van der Waals surface area contributed by atoms with E-state index in [4.69, 9.17) is 16.3 Å². The zero-order chi connectivity index (χ0) is 31.0. The smallest absolute Gasteiger partial charge is 0.264 e. The van der Waals surface area contributed by atoms with E-state index < -0.39 is 28.5 Å². The Labute approximate surface area is 254 Å². The first kappa shape index (κ1) is 32.9. The molecule has 2 atom stereocenters. The van der Waals surface area contributed by atoms with E-state index in [1.807, 2.05) is 39.8 Å². The van der Waals surface area contributed by atoms with E-state index in [0.29, 0.717) is 22.8 Å². The molecule has 0 aromatic heterocycles. The third kappa shape index (κ3) is 8.04. The molecule has 0 radical (unpaired) electrons. The van der Waals surface area contributed by atoms with Gasteiger partial charge in [0.1, 0.15) is 18.3 Å². The number of benzene rings is 3. The molecule has 3 aromatic carbocycles. The second-order valence-corrected chi connectivity index (χ2v) is 12.7. The van der Waals surface area contributed by atoms with E-state index in [9.17, 15) is 18.0 Å². The first-order valence-corrected chi connectivity index (χ1v) is 15.8. The van der Waals surface area contributed by atoms with Crippen LogP contribution >= 0.6 is 11.6 Å². The summed E-state index contributed by atoms with van der Waals surface area (Å²) in [6.07, 6.45) is 1.07. The minimum absolute atomic E-state index is 0.0449. The minimum atomic E-state index is -4.19. The molecule has 3 aromatic rings. The van der Waals surface area contributed by atoms with Gasteiger partial charge >= 0.3 is 0 Å². The minimum Gasteiger partial charge on any atom is -0.497 e. The molecule has 2 amide bonds. The molecule has 0 aliphatic heterocycles. The molecular weight excluding hydrogens is 574 g/mol. The summed E-state index contributed by atoms with van der Waals surface area (Å²) >= 11 is 6.31. The molecule has 1 N–H and O–H groups in total. The Kier molecular flexibility index (Phi) is 11.4. The number of amides is 2. The van der Waals surface area contributed by atoms with E-state index in [-0.39, 0.29) is 29.1 Å². The third-order valence-corrected chi connectivity index (χ3v) is 9.24. The van der Waals surface area contributed by atoms with Crippen LogP contribution in [0.25, 0.3) is 0 Å². The normalized spacial score (nSPS) is 12.7. The second kappa shape index (κ2) is 14.6. The lowest BCUT2D eigenvalue weighted by molar-refractivity contribution is -0.140. The van der Waals surface area contributed by atoms with E-state index >= 15 is 0 Å². The van der Waals surface area contributed by atoms with Gasteiger partial charge in [-0.05, 0) is 81.1 Å². The molecule has 0 unspecified atom stereocenters. The number of aryl methyl sites for hydroxylation is 2. The van der Waals surface area contributed by atoms with Gasteiger partial charge in [-0.1, -0.05) is 61.3 Å². The fourth-order valence-corrected chi connectivity index (χ4v) is 6.13. The number of halogens is 1. The number of carbonyl (C=O) groups is 2. The quantitative estimate of drug-likeness (QED) is 0.260. The summed E-state index contributed by atoms with van der Waals surface area (Å²) in [5, 5.41) is 3.32. The standard InChI is InChI=1S/C32H40ClN3O5S/c1-7-24(5)34-32(38)29(8-2)35(20-25-12-15-27(41-6)16-13-25)31(37)21-36(30-19-26(33)14-11-23(30)4)42(39,40)28-17-9-22(3)10-18-28/h9-19,24,29H,7-8,20-21H2,1-6H3,(H,34,38)/t24-,29-/m0/s1. The van der Waals surface area contributed by atoms with Crippen molar-refractivity contribution in [3.05, 3.63) is 88.4 Å². The first-order chi connectivity index (χ1) is 19.9. The van der Waals surface area contributed by atoms with Gasteiger partial charge in [0, 0.05) is 17.6 Å². The number of carbonyl (C=O) groups excluding carboxylic acids is 2. The summed E-state index contributed by atoms with van der Waals surface area (Å²) in [7, 11) is -2.62. The van der Waals surface area contributed by atoms with Gasteiger partial charge in [0.25, 0.3) is 10.0 Å². The van der Waals surface area contributed by atoms with Gasteiger partial charge in [-0.25, -0.2) is 8.42 Å². The zero-order valence-electron chi connectivity index (χ0n) is 25.1. The van der Waals surface area contributed by atoms with Crippen LogP contribution in [0.3, 0.4) is 0 Å². The lowest BCUT2D eigenvalue weighted by atomic mass is 10.1. The van der Waals surface area contributed by atoms with Crippen LogP contribution in [0.2, 0.25) is 5.02 Å². The highest BCUT2D eigenvalue weighted by Gasteiger charge is 2.34. The van der Waals surface area contributed by atoms with Crippen LogP contribution in [-0.2, 0) is 26.2 Å². The number of anilines is 1. The predicted octanol–water partition coefficient (Wildman–Crippen LogP) is 5.88. The molecule has 0 fully saturated rings. The van der Waals surface area contributed by atoms with Gasteiger partial charge in [0.2, 0.25) is 11.8 Å². The average molecular weight is 614 g/mol. The highest BCUT2D eigenvalue weighted by atomic mass is 35.5. The van der Waals surface area contributed by atoms with Crippen molar-refractivity contribution in [1.82, 2.24) is 10.2 Å². The van der Waals surface area contributed by atoms with Crippen LogP contribution in [0.5, 0.6) is 5.75 Å². The number of methoxy groups -OCH3 is 1. The maximum Gasteiger partial charge on any atom is 0.264 e. The summed E-state index contributed by atoms with van der Waals surface area (Å²) < 4.78 is 34.5. The van der Waals surface area contributed by atoms with Gasteiger partial charge in [-0.3, -0.25) is 13.9 Å². The summed E-state index contributed by atoms with van der Waals surface area (Å²) in [6.45, 7) is 8.90. The largest absolute Gasteiger partial charge is 0.497 e. The molecule has 0 aliphatic carbocycles. The highest BCUT2D eigenvalue weighted by Crippen LogP contribution is 2.30. The van der Waals surface area contributed by atoms with Crippen molar-refractivity contribution >= 4 is 39.1 Å². The van der Waals surface area contributed by atoms with Crippen LogP contribution in [0, 0.1) is 13.8 Å². The highest BCUT2D eigenvalue weighted by molar-refractivity contribution is 7.92. The number of nitrogens with zero attached hydrogens (tertiary/aromatic N) is 2. The summed E-state index contributed by atoms with van der Waals surface area (Å²) in [5.41, 5.74) is 2.59. The molecule has 0 saturated carbocycles. The van der Waals surface area contributed by atoms with E-state index in [1.165, 1.54) is 23.1 Å². The Morgan fingerprint density at radius 3 is 2.17 bits per heavy atom. The predicted molar refractivity (Wildman–Crippen MR) is 167 cm³/mol. The van der Waals surface area contributed by atoms with Gasteiger partial charge in [-0.15, -0.1) is 0 Å². The summed E-state index contributed by atoms with van der Waals surface area (Å²) in [4.78, 5) is 29.1. The molecule has 42 heavy (non-hydrogen) atoms. The van der Waals surface area contributed by atoms with E-state index in [1.54, 1.807) is 50.4 Å². The molecular formula is C32H40ClN3O5S. The molecule has 0 aliphatic rings. The summed E-state index contributed by atoms with van der Waals surface area (Å²) in [5.74, 6) is -0.155. The maximum absolute atomic E-state index is 14.2. The zero-order valence-corrected chi connectivity index (χ0v) is 26.6. The Bertz CT molecular complexity index is 1480. The number of ether oxygens (including phenoxy) is 1. The number of nitrogens with one attached hydrogen (secondary N) is 1. The van der Waals surface area contributed by atoms with Gasteiger partial charge in [0.15, 0.2) is 0 Å². The van der Waals surface area contributed by atoms with Gasteiger partial charge in [0.05, 0.1) is 17.7 Å². The molecule has 0 saturated heterocycles. The Morgan fingerprint density at radius 1 is 0.952 bits per heavy atom. The van der Waals surface area contributed by atoms with Crippen molar-refractivity contribution in [3.8, 4) is 5.75 Å². The van der Waals surface area contributed by atoms with Crippen LogP contribution < -0.4 is 14.4 Å². The lowest BCUT2D eigenvalue weighted by Crippen LogP contribution is -2.53. The number of hydrogen-bond donors (Lipinski definition) is 1. The molecule has 0 spiro atoms. The third-order valence-electron chi connectivity index (χ3n) is 7.23. The summed E-state index contributed by atoms with van der Waals surface area (Å²) in [6, 6.07) is 17.7. The fourth-order valence-electron chi connectivity index (χ4n) is 4.49. The molecule has 0 bridgehead atoms. The number of hydrogen-bond acceptors (Lipinski definition) is 5. The Hall–Kier alpha value is -3.56. The monoisotopic (exact) mass is 613 g/mol. The molecule has 0 heterocycles. The van der Waals surface area contributed by atoms with Crippen LogP contribution in [0.4, 0.5) is 5.69 Å². The van der Waals surface area contributed by atoms with Crippen molar-refractivity contribution < 1.29 is 22.7 Å². The number of rotatable bonds is 13. The van der Waals surface area contributed by atoms with Crippen LogP contribution in [0.15, 0.2) is 71.6 Å². The Morgan fingerprint density at radius 2 is 1.60 bits per heavy atom. The SMILES string of the molecule is CC[C@H](C)NC(=O)[C@H](CC)N(Cc1ccc(OC)cc1)C(=O)CN(c1cc(Cl)ccc1C)S(=O)(=O)c1ccc(C)cc1. The second-order valence-electron chi connectivity index (χ2n) is 10.4. The average Bonchev–Trinajstić information content (AvgIpc) is 2.97. The van der Waals surface area contributed by atoms with Crippen molar-refractivity contribution in [3.63, 3.8) is 0 Å². The molecule has 226 valence electrons. The maximum atomic E-state index is 14.2. The fraction of sp³-hybridized carbons (Fsp3) is 0.375. The molecule has 3 rings (SSSR count). The van der Waals surface area contributed by atoms with Crippen molar-refractivity contribution in [2.45, 2.75) is 71.0 Å². The van der Waals surface area contributed by atoms with Gasteiger partial charge < -0.3 is 15.0 Å². The van der Waals surface area contributed by atoms with Crippen molar-refractivity contribution in [1.29, 1.82) is 0 Å². The lowest BCUT2D eigenvalue weighted by Gasteiger charge is -2.34. The van der Waals surface area contributed by atoms with Crippen LogP contribution in [-0.4, -0.2) is 50.9 Å². The van der Waals surface area contributed by atoms with E-state index in [0.717, 1.165) is 21.9 Å².